The largest absolute Gasteiger partial charge is 0.366 e. The summed E-state index contributed by atoms with van der Waals surface area (Å²) in [4.78, 5) is 10.1. The molecule has 1 amide bonds. The summed E-state index contributed by atoms with van der Waals surface area (Å²) >= 11 is 0. The summed E-state index contributed by atoms with van der Waals surface area (Å²) < 4.78 is 0. The molecule has 0 radical (unpaired) electrons. The number of primary amides is 1. The van der Waals surface area contributed by atoms with E-state index in [-0.39, 0.29) is 0 Å². The molecular formula is C9H17NO. The third-order valence-electron chi connectivity index (χ3n) is 0.966. The fourth-order valence-corrected chi connectivity index (χ4v) is 0.310. The van der Waals surface area contributed by atoms with Crippen molar-refractivity contribution >= 4 is 5.91 Å². The molecular weight excluding hydrogens is 138 g/mol. The molecule has 0 saturated carbocycles. The molecule has 2 nitrogen and oxygen atoms in total. The first kappa shape index (κ1) is 12.6. The number of carbonyl (C=O) groups excluding carboxylic acids is 1. The van der Waals surface area contributed by atoms with Crippen LogP contribution in [0.2, 0.25) is 0 Å². The Morgan fingerprint density at radius 2 is 1.73 bits per heavy atom. The van der Waals surface area contributed by atoms with Gasteiger partial charge in [-0.05, 0) is 13.8 Å². The molecule has 0 aromatic heterocycles. The van der Waals surface area contributed by atoms with Crippen molar-refractivity contribution < 1.29 is 4.79 Å². The zero-order valence-corrected chi connectivity index (χ0v) is 7.72. The van der Waals surface area contributed by atoms with Crippen LogP contribution in [0.15, 0.2) is 23.8 Å². The molecule has 0 fully saturated rings. The minimum absolute atomic E-state index is 0.406. The van der Waals surface area contributed by atoms with Crippen LogP contribution in [0.3, 0.4) is 0 Å². The minimum atomic E-state index is -0.406. The van der Waals surface area contributed by atoms with E-state index in [1.54, 1.807) is 6.08 Å². The summed E-state index contributed by atoms with van der Waals surface area (Å²) in [6.45, 7) is 7.81. The summed E-state index contributed by atoms with van der Waals surface area (Å²) in [6, 6.07) is 0. The number of hydrogen-bond donors (Lipinski definition) is 1. The minimum Gasteiger partial charge on any atom is -0.366 e. The van der Waals surface area contributed by atoms with Crippen molar-refractivity contribution in [2.45, 2.75) is 27.7 Å². The Balaban J connectivity index is 0. The Morgan fingerprint density at radius 3 is 2.00 bits per heavy atom. The van der Waals surface area contributed by atoms with Crippen molar-refractivity contribution in [3.63, 3.8) is 0 Å². The highest BCUT2D eigenvalue weighted by molar-refractivity contribution is 5.86. The van der Waals surface area contributed by atoms with Gasteiger partial charge < -0.3 is 5.73 Å². The first-order chi connectivity index (χ1) is 5.16. The second kappa shape index (κ2) is 8.95. The van der Waals surface area contributed by atoms with E-state index in [1.807, 2.05) is 33.8 Å². The van der Waals surface area contributed by atoms with Gasteiger partial charge in [0.2, 0.25) is 5.91 Å². The lowest BCUT2D eigenvalue weighted by Crippen LogP contribution is -2.05. The molecule has 0 aliphatic rings. The molecule has 0 aliphatic heterocycles. The average Bonchev–Trinajstić information content (AvgIpc) is 2.04. The quantitative estimate of drug-likeness (QED) is 0.481. The van der Waals surface area contributed by atoms with Crippen LogP contribution in [-0.2, 0) is 4.79 Å². The lowest BCUT2D eigenvalue weighted by Gasteiger charge is -1.84. The maximum absolute atomic E-state index is 10.1. The molecule has 0 heterocycles. The fraction of sp³-hybridized carbons (Fsp3) is 0.444. The Labute approximate surface area is 68.8 Å². The van der Waals surface area contributed by atoms with Gasteiger partial charge in [0.1, 0.15) is 0 Å². The van der Waals surface area contributed by atoms with Crippen LogP contribution in [0, 0.1) is 0 Å². The molecule has 0 saturated heterocycles. The predicted octanol–water partition coefficient (Wildman–Crippen LogP) is 2.02. The van der Waals surface area contributed by atoms with Gasteiger partial charge in [0.15, 0.2) is 0 Å². The Hall–Kier alpha value is -1.05. The van der Waals surface area contributed by atoms with E-state index in [0.29, 0.717) is 0 Å². The van der Waals surface area contributed by atoms with Gasteiger partial charge in [0.25, 0.3) is 0 Å². The number of hydrogen-bond acceptors (Lipinski definition) is 1. The Bertz CT molecular complexity index is 157. The zero-order valence-electron chi connectivity index (χ0n) is 7.72. The summed E-state index contributed by atoms with van der Waals surface area (Å²) in [7, 11) is 0. The summed E-state index contributed by atoms with van der Waals surface area (Å²) in [5.74, 6) is -0.406. The van der Waals surface area contributed by atoms with Crippen molar-refractivity contribution in [1.82, 2.24) is 0 Å². The Morgan fingerprint density at radius 1 is 1.27 bits per heavy atom. The number of rotatable bonds is 2. The van der Waals surface area contributed by atoms with Gasteiger partial charge in [-0.3, -0.25) is 4.79 Å². The number of nitrogens with two attached hydrogens (primary N) is 1. The van der Waals surface area contributed by atoms with E-state index < -0.39 is 5.91 Å². The SMILES string of the molecule is C/C=C(C)/C=C/C(N)=O.CC. The molecule has 0 aromatic carbocycles. The van der Waals surface area contributed by atoms with Gasteiger partial charge in [0, 0.05) is 6.08 Å². The first-order valence-corrected chi connectivity index (χ1v) is 3.77. The van der Waals surface area contributed by atoms with Crippen molar-refractivity contribution in [3.8, 4) is 0 Å². The Kier molecular flexibility index (Phi) is 10.3. The number of carbonyl (C=O) groups is 1. The van der Waals surface area contributed by atoms with Crippen LogP contribution in [-0.4, -0.2) is 5.91 Å². The molecule has 2 N–H and O–H groups in total. The van der Waals surface area contributed by atoms with Crippen LogP contribution >= 0.6 is 0 Å². The fourth-order valence-electron chi connectivity index (χ4n) is 0.310. The van der Waals surface area contributed by atoms with E-state index in [0.717, 1.165) is 5.57 Å². The standard InChI is InChI=1S/C7H11NO.C2H6/c1-3-6(2)4-5-7(8)9;1-2/h3-5H,1-2H3,(H2,8,9);1-2H3/b5-4+,6-3+;. The van der Waals surface area contributed by atoms with Crippen LogP contribution in [0.4, 0.5) is 0 Å². The van der Waals surface area contributed by atoms with Gasteiger partial charge in [-0.15, -0.1) is 0 Å². The molecule has 0 unspecified atom stereocenters. The van der Waals surface area contributed by atoms with Gasteiger partial charge >= 0.3 is 0 Å². The van der Waals surface area contributed by atoms with Crippen molar-refractivity contribution in [1.29, 1.82) is 0 Å². The van der Waals surface area contributed by atoms with Crippen molar-refractivity contribution in [3.05, 3.63) is 23.8 Å². The lowest BCUT2D eigenvalue weighted by atomic mass is 10.2. The normalized spacial score (nSPS) is 10.7. The third-order valence-corrected chi connectivity index (χ3v) is 0.966. The van der Waals surface area contributed by atoms with Gasteiger partial charge in [-0.25, -0.2) is 0 Å². The van der Waals surface area contributed by atoms with E-state index in [1.165, 1.54) is 6.08 Å². The third kappa shape index (κ3) is 12.2. The summed E-state index contributed by atoms with van der Waals surface area (Å²) in [5.41, 5.74) is 5.88. The van der Waals surface area contributed by atoms with Gasteiger partial charge in [-0.2, -0.15) is 0 Å². The van der Waals surface area contributed by atoms with E-state index in [9.17, 15) is 4.79 Å². The van der Waals surface area contributed by atoms with Crippen molar-refractivity contribution in [2.24, 2.45) is 5.73 Å². The molecule has 0 aliphatic carbocycles. The summed E-state index contributed by atoms with van der Waals surface area (Å²) in [6.07, 6.45) is 4.93. The molecule has 64 valence electrons. The second-order valence-corrected chi connectivity index (χ2v) is 1.77. The maximum Gasteiger partial charge on any atom is 0.241 e. The monoisotopic (exact) mass is 155 g/mol. The summed E-state index contributed by atoms with van der Waals surface area (Å²) in [5, 5.41) is 0. The molecule has 11 heavy (non-hydrogen) atoms. The van der Waals surface area contributed by atoms with Crippen LogP contribution in [0.1, 0.15) is 27.7 Å². The van der Waals surface area contributed by atoms with E-state index in [2.05, 4.69) is 0 Å². The van der Waals surface area contributed by atoms with Crippen LogP contribution < -0.4 is 5.73 Å². The second-order valence-electron chi connectivity index (χ2n) is 1.77. The molecule has 2 heteroatoms. The molecule has 0 spiro atoms. The molecule has 0 atom stereocenters. The maximum atomic E-state index is 10.1. The number of allylic oxidation sites excluding steroid dienone is 3. The molecule has 0 bridgehead atoms. The van der Waals surface area contributed by atoms with Gasteiger partial charge in [-0.1, -0.05) is 31.6 Å². The van der Waals surface area contributed by atoms with Crippen molar-refractivity contribution in [2.75, 3.05) is 0 Å². The van der Waals surface area contributed by atoms with Gasteiger partial charge in [0.05, 0.1) is 0 Å². The highest BCUT2D eigenvalue weighted by Crippen LogP contribution is 1.91. The van der Waals surface area contributed by atoms with Crippen LogP contribution in [0.25, 0.3) is 0 Å². The van der Waals surface area contributed by atoms with E-state index >= 15 is 0 Å². The average molecular weight is 155 g/mol. The van der Waals surface area contributed by atoms with Crippen LogP contribution in [0.5, 0.6) is 0 Å². The topological polar surface area (TPSA) is 43.1 Å². The highest BCUT2D eigenvalue weighted by atomic mass is 16.1. The smallest absolute Gasteiger partial charge is 0.241 e. The zero-order chi connectivity index (χ0) is 9.28. The molecule has 0 aromatic rings. The molecule has 0 rings (SSSR count). The highest BCUT2D eigenvalue weighted by Gasteiger charge is 1.81. The number of amides is 1. The first-order valence-electron chi connectivity index (χ1n) is 3.77. The van der Waals surface area contributed by atoms with E-state index in [4.69, 9.17) is 5.73 Å². The lowest BCUT2D eigenvalue weighted by molar-refractivity contribution is -0.113. The predicted molar refractivity (Wildman–Crippen MR) is 49.1 cm³/mol.